The molecule has 162 valence electrons. The lowest BCUT2D eigenvalue weighted by Crippen LogP contribution is -2.36. The average Bonchev–Trinajstić information content (AvgIpc) is 3.28. The van der Waals surface area contributed by atoms with Crippen molar-refractivity contribution in [1.29, 1.82) is 0 Å². The lowest BCUT2D eigenvalue weighted by molar-refractivity contribution is 0.195. The smallest absolute Gasteiger partial charge is 0.173 e. The van der Waals surface area contributed by atoms with Crippen molar-refractivity contribution in [3.8, 4) is 5.75 Å². The van der Waals surface area contributed by atoms with Gasteiger partial charge in [-0.05, 0) is 63.4 Å². The molecule has 0 saturated heterocycles. The maximum atomic E-state index is 13.4. The zero-order valence-electron chi connectivity index (χ0n) is 17.9. The summed E-state index contributed by atoms with van der Waals surface area (Å²) in [5.41, 5.74) is 4.76. The van der Waals surface area contributed by atoms with Gasteiger partial charge in [0.1, 0.15) is 11.6 Å². The summed E-state index contributed by atoms with van der Waals surface area (Å²) in [6, 6.07) is 23.0. The van der Waals surface area contributed by atoms with Gasteiger partial charge in [0, 0.05) is 13.1 Å². The van der Waals surface area contributed by atoms with Gasteiger partial charge in [-0.3, -0.25) is 4.90 Å². The summed E-state index contributed by atoms with van der Waals surface area (Å²) in [6.07, 6.45) is 0.975. The van der Waals surface area contributed by atoms with E-state index in [2.05, 4.69) is 56.8 Å². The summed E-state index contributed by atoms with van der Waals surface area (Å²) in [7, 11) is 1.66. The van der Waals surface area contributed by atoms with Gasteiger partial charge in [-0.15, -0.1) is 5.10 Å². The minimum atomic E-state index is -0.256. The van der Waals surface area contributed by atoms with Crippen molar-refractivity contribution in [2.75, 3.05) is 13.7 Å². The van der Waals surface area contributed by atoms with Crippen molar-refractivity contribution in [3.05, 3.63) is 107 Å². The van der Waals surface area contributed by atoms with Gasteiger partial charge in [-0.1, -0.05) is 48.5 Å². The molecule has 2 heterocycles. The Hall–Kier alpha value is -3.58. The number of nitrogens with zero attached hydrogens (tertiary/aromatic N) is 5. The van der Waals surface area contributed by atoms with Crippen molar-refractivity contribution < 1.29 is 9.13 Å². The van der Waals surface area contributed by atoms with Gasteiger partial charge in [0.05, 0.1) is 19.7 Å². The van der Waals surface area contributed by atoms with Crippen LogP contribution in [0, 0.1) is 5.82 Å². The molecule has 1 aliphatic heterocycles. The van der Waals surface area contributed by atoms with Gasteiger partial charge in [-0.25, -0.2) is 9.07 Å². The molecule has 0 unspecified atom stereocenters. The second kappa shape index (κ2) is 8.88. The summed E-state index contributed by atoms with van der Waals surface area (Å²) in [4.78, 5) is 2.41. The van der Waals surface area contributed by atoms with Gasteiger partial charge < -0.3 is 4.74 Å². The molecule has 1 atom stereocenters. The molecule has 1 aliphatic rings. The topological polar surface area (TPSA) is 56.1 Å². The number of ether oxygens (including phenoxy) is 1. The van der Waals surface area contributed by atoms with E-state index in [0.29, 0.717) is 6.54 Å². The van der Waals surface area contributed by atoms with Crippen LogP contribution in [-0.2, 0) is 19.5 Å². The van der Waals surface area contributed by atoms with E-state index in [1.807, 2.05) is 16.8 Å². The van der Waals surface area contributed by atoms with E-state index >= 15 is 0 Å². The van der Waals surface area contributed by atoms with Crippen LogP contribution in [-0.4, -0.2) is 38.8 Å². The predicted octanol–water partition coefficient (Wildman–Crippen LogP) is 4.02. The van der Waals surface area contributed by atoms with Crippen LogP contribution in [0.25, 0.3) is 0 Å². The number of benzene rings is 3. The molecule has 0 spiro atoms. The van der Waals surface area contributed by atoms with Crippen LogP contribution in [0.15, 0.2) is 72.8 Å². The van der Waals surface area contributed by atoms with E-state index in [1.165, 1.54) is 23.3 Å². The van der Waals surface area contributed by atoms with Gasteiger partial charge in [0.15, 0.2) is 5.82 Å². The Kier molecular flexibility index (Phi) is 5.64. The van der Waals surface area contributed by atoms with Crippen molar-refractivity contribution in [3.63, 3.8) is 0 Å². The van der Waals surface area contributed by atoms with Crippen molar-refractivity contribution in [1.82, 2.24) is 25.1 Å². The van der Waals surface area contributed by atoms with E-state index in [0.717, 1.165) is 42.2 Å². The van der Waals surface area contributed by atoms with Crippen molar-refractivity contribution >= 4 is 0 Å². The van der Waals surface area contributed by atoms with Gasteiger partial charge in [-0.2, -0.15) is 0 Å². The molecule has 3 aromatic carbocycles. The highest BCUT2D eigenvalue weighted by molar-refractivity contribution is 5.34. The number of aromatic nitrogens is 4. The van der Waals surface area contributed by atoms with Gasteiger partial charge >= 0.3 is 0 Å². The Labute approximate surface area is 186 Å². The second-order valence-electron chi connectivity index (χ2n) is 7.99. The Morgan fingerprint density at radius 2 is 1.72 bits per heavy atom. The fourth-order valence-electron chi connectivity index (χ4n) is 4.33. The first kappa shape index (κ1) is 20.3. The highest BCUT2D eigenvalue weighted by Gasteiger charge is 2.30. The molecule has 0 N–H and O–H groups in total. The average molecular weight is 429 g/mol. The Bertz CT molecular complexity index is 1190. The standard InChI is InChI=1S/C25H24FN5O/c1-32-23-12-8-20(9-13-23)24(30-15-14-19-4-2-3-5-21(19)17-30)25-27-28-29-31(25)16-18-6-10-22(26)11-7-18/h2-13,24H,14-17H2,1H3/t24-/m0/s1. The second-order valence-corrected chi connectivity index (χ2v) is 7.99. The third-order valence-corrected chi connectivity index (χ3v) is 6.01. The number of rotatable bonds is 6. The first-order valence-corrected chi connectivity index (χ1v) is 10.7. The van der Waals surface area contributed by atoms with Crippen LogP contribution in [0.4, 0.5) is 4.39 Å². The molecule has 4 aromatic rings. The summed E-state index contributed by atoms with van der Waals surface area (Å²) in [5, 5.41) is 12.7. The van der Waals surface area contributed by atoms with Crippen LogP contribution < -0.4 is 4.74 Å². The number of halogens is 1. The van der Waals surface area contributed by atoms with Crippen LogP contribution in [0.2, 0.25) is 0 Å². The zero-order chi connectivity index (χ0) is 21.9. The molecule has 6 nitrogen and oxygen atoms in total. The molecule has 0 radical (unpaired) electrons. The van der Waals surface area contributed by atoms with E-state index in [1.54, 1.807) is 19.2 Å². The predicted molar refractivity (Wildman–Crippen MR) is 119 cm³/mol. The van der Waals surface area contributed by atoms with Crippen molar-refractivity contribution in [2.24, 2.45) is 0 Å². The molecule has 7 heteroatoms. The first-order valence-electron chi connectivity index (χ1n) is 10.7. The highest BCUT2D eigenvalue weighted by atomic mass is 19.1. The van der Waals surface area contributed by atoms with E-state index in [9.17, 15) is 4.39 Å². The van der Waals surface area contributed by atoms with Crippen molar-refractivity contribution in [2.45, 2.75) is 25.6 Å². The van der Waals surface area contributed by atoms with Gasteiger partial charge in [0.2, 0.25) is 0 Å². The molecule has 0 saturated carbocycles. The fraction of sp³-hybridized carbons (Fsp3) is 0.240. The minimum absolute atomic E-state index is 0.121. The molecule has 5 rings (SSSR count). The summed E-state index contributed by atoms with van der Waals surface area (Å²) < 4.78 is 20.5. The number of hydrogen-bond acceptors (Lipinski definition) is 5. The molecule has 0 aliphatic carbocycles. The van der Waals surface area contributed by atoms with E-state index < -0.39 is 0 Å². The SMILES string of the molecule is COc1ccc([C@@H](c2nnnn2Cc2ccc(F)cc2)N2CCc3ccccc3C2)cc1. The monoisotopic (exact) mass is 429 g/mol. The van der Waals surface area contributed by atoms with E-state index in [4.69, 9.17) is 4.74 Å². The summed E-state index contributed by atoms with van der Waals surface area (Å²) >= 11 is 0. The van der Waals surface area contributed by atoms with Crippen LogP contribution in [0.3, 0.4) is 0 Å². The minimum Gasteiger partial charge on any atom is -0.497 e. The lowest BCUT2D eigenvalue weighted by Gasteiger charge is -2.35. The third-order valence-electron chi connectivity index (χ3n) is 6.01. The number of fused-ring (bicyclic) bond motifs is 1. The van der Waals surface area contributed by atoms with Gasteiger partial charge in [0.25, 0.3) is 0 Å². The van der Waals surface area contributed by atoms with Crippen LogP contribution in [0.1, 0.15) is 34.1 Å². The Morgan fingerprint density at radius 1 is 0.969 bits per heavy atom. The zero-order valence-corrected chi connectivity index (χ0v) is 17.9. The maximum Gasteiger partial charge on any atom is 0.173 e. The number of methoxy groups -OCH3 is 1. The molecule has 0 bridgehead atoms. The van der Waals surface area contributed by atoms with Crippen LogP contribution >= 0.6 is 0 Å². The largest absolute Gasteiger partial charge is 0.497 e. The quantitative estimate of drug-likeness (QED) is 0.463. The number of hydrogen-bond donors (Lipinski definition) is 0. The number of tetrazole rings is 1. The molecular formula is C25H24FN5O. The van der Waals surface area contributed by atoms with Crippen LogP contribution in [0.5, 0.6) is 5.75 Å². The Morgan fingerprint density at radius 3 is 2.47 bits per heavy atom. The molecule has 0 fully saturated rings. The fourth-order valence-corrected chi connectivity index (χ4v) is 4.33. The Balaban J connectivity index is 1.52. The molecule has 32 heavy (non-hydrogen) atoms. The molecule has 0 amide bonds. The lowest BCUT2D eigenvalue weighted by atomic mass is 9.96. The molecular weight excluding hydrogens is 405 g/mol. The van der Waals surface area contributed by atoms with E-state index in [-0.39, 0.29) is 11.9 Å². The first-order chi connectivity index (χ1) is 15.7. The highest BCUT2D eigenvalue weighted by Crippen LogP contribution is 2.33. The summed E-state index contributed by atoms with van der Waals surface area (Å²) in [6.45, 7) is 2.19. The normalized spacial score (nSPS) is 14.7. The maximum absolute atomic E-state index is 13.4. The third kappa shape index (κ3) is 4.11. The molecule has 1 aromatic heterocycles. The summed E-state index contributed by atoms with van der Waals surface area (Å²) in [5.74, 6) is 1.31.